The van der Waals surface area contributed by atoms with E-state index in [-0.39, 0.29) is 12.3 Å². The van der Waals surface area contributed by atoms with Gasteiger partial charge in [-0.3, -0.25) is 4.90 Å². The molecule has 2 bridgehead atoms. The summed E-state index contributed by atoms with van der Waals surface area (Å²) in [7, 11) is 0. The van der Waals surface area contributed by atoms with Crippen molar-refractivity contribution in [1.82, 2.24) is 25.0 Å². The molecule has 186 valence electrons. The summed E-state index contributed by atoms with van der Waals surface area (Å²) in [5.74, 6) is 2.45. The summed E-state index contributed by atoms with van der Waals surface area (Å²) in [6.45, 7) is 12.2. The Labute approximate surface area is 204 Å². The third-order valence-electron chi connectivity index (χ3n) is 7.13. The number of nitrogens with one attached hydrogen (secondary N) is 1. The normalized spacial score (nSPS) is 23.8. The van der Waals surface area contributed by atoms with Crippen LogP contribution in [0.4, 0.5) is 4.79 Å². The lowest BCUT2D eigenvalue weighted by Crippen LogP contribution is -2.56. The van der Waals surface area contributed by atoms with E-state index in [1.807, 2.05) is 26.8 Å². The molecule has 2 aromatic rings. The van der Waals surface area contributed by atoms with Crippen molar-refractivity contribution < 1.29 is 9.53 Å². The number of hydrogen-bond acceptors (Lipinski definition) is 5. The highest BCUT2D eigenvalue weighted by atomic mass is 16.6. The van der Waals surface area contributed by atoms with E-state index >= 15 is 0 Å². The molecule has 2 saturated heterocycles. The van der Waals surface area contributed by atoms with E-state index in [0.717, 1.165) is 50.2 Å². The molecular weight excluding hydrogens is 426 g/mol. The van der Waals surface area contributed by atoms with E-state index < -0.39 is 5.60 Å². The van der Waals surface area contributed by atoms with Crippen molar-refractivity contribution in [3.63, 3.8) is 0 Å². The molecule has 7 heteroatoms. The van der Waals surface area contributed by atoms with Crippen LogP contribution in [-0.2, 0) is 11.2 Å². The number of carbonyl (C=O) groups is 1. The molecule has 3 unspecified atom stereocenters. The van der Waals surface area contributed by atoms with Gasteiger partial charge in [-0.05, 0) is 71.8 Å². The molecule has 2 aliphatic rings. The Morgan fingerprint density at radius 2 is 1.74 bits per heavy atom. The number of aromatic nitrogens is 3. The molecule has 3 heterocycles. The molecule has 1 amide bonds. The van der Waals surface area contributed by atoms with Gasteiger partial charge in [0.2, 0.25) is 0 Å². The van der Waals surface area contributed by atoms with E-state index in [1.54, 1.807) is 0 Å². The maximum absolute atomic E-state index is 12.8. The number of ether oxygens (including phenoxy) is 1. The summed E-state index contributed by atoms with van der Waals surface area (Å²) < 4.78 is 8.02. The Kier molecular flexibility index (Phi) is 7.31. The van der Waals surface area contributed by atoms with Crippen LogP contribution in [0.5, 0.6) is 0 Å². The van der Waals surface area contributed by atoms with Gasteiger partial charge in [0, 0.05) is 24.0 Å². The van der Waals surface area contributed by atoms with Crippen LogP contribution in [0.15, 0.2) is 30.3 Å². The molecule has 0 spiro atoms. The van der Waals surface area contributed by atoms with Gasteiger partial charge in [-0.1, -0.05) is 44.2 Å². The van der Waals surface area contributed by atoms with E-state index in [1.165, 1.54) is 5.56 Å². The number of aryl methyl sites for hydroxylation is 2. The lowest BCUT2D eigenvalue weighted by atomic mass is 9.94. The Hall–Kier alpha value is -2.41. The standard InChI is InChI=1S/C27H41N5O2/c1-18(2)25-30-29-19(3)31(25)23-16-21-13-14-22(17-23)32(21)24(28-26(33)34-27(4,5)6)15-12-20-10-8-7-9-11-20/h7-11,18,21-24H,12-17H2,1-6H3,(H,28,33). The lowest BCUT2D eigenvalue weighted by molar-refractivity contribution is 0.0173. The molecule has 2 aliphatic heterocycles. The minimum absolute atomic E-state index is 0.0416. The second-order valence-electron chi connectivity index (χ2n) is 11.3. The van der Waals surface area contributed by atoms with Gasteiger partial charge in [0.05, 0.1) is 6.17 Å². The molecule has 0 aliphatic carbocycles. The van der Waals surface area contributed by atoms with Crippen LogP contribution in [0.2, 0.25) is 0 Å². The van der Waals surface area contributed by atoms with Crippen LogP contribution < -0.4 is 5.32 Å². The monoisotopic (exact) mass is 467 g/mol. The molecule has 0 radical (unpaired) electrons. The number of hydrogen-bond donors (Lipinski definition) is 1. The zero-order valence-corrected chi connectivity index (χ0v) is 21.6. The summed E-state index contributed by atoms with van der Waals surface area (Å²) in [6, 6.07) is 11.8. The second-order valence-corrected chi connectivity index (χ2v) is 11.3. The van der Waals surface area contributed by atoms with Crippen LogP contribution in [0.1, 0.15) is 95.9 Å². The molecule has 7 nitrogen and oxygen atoms in total. The van der Waals surface area contributed by atoms with Gasteiger partial charge >= 0.3 is 6.09 Å². The fourth-order valence-electron chi connectivity index (χ4n) is 5.82. The predicted octanol–water partition coefficient (Wildman–Crippen LogP) is 5.36. The number of rotatable bonds is 7. The van der Waals surface area contributed by atoms with Crippen molar-refractivity contribution >= 4 is 6.09 Å². The van der Waals surface area contributed by atoms with Crippen molar-refractivity contribution in [2.45, 2.75) is 116 Å². The summed E-state index contributed by atoms with van der Waals surface area (Å²) in [5, 5.41) is 12.1. The van der Waals surface area contributed by atoms with Gasteiger partial charge in [-0.2, -0.15) is 0 Å². The first-order valence-electron chi connectivity index (χ1n) is 12.8. The fourth-order valence-corrected chi connectivity index (χ4v) is 5.82. The largest absolute Gasteiger partial charge is 0.444 e. The Morgan fingerprint density at radius 3 is 2.32 bits per heavy atom. The first-order valence-corrected chi connectivity index (χ1v) is 12.8. The lowest BCUT2D eigenvalue weighted by Gasteiger charge is -2.44. The number of nitrogens with zero attached hydrogens (tertiary/aromatic N) is 4. The molecule has 2 fully saturated rings. The van der Waals surface area contributed by atoms with Crippen molar-refractivity contribution in [2.75, 3.05) is 0 Å². The minimum Gasteiger partial charge on any atom is -0.444 e. The summed E-state index contributed by atoms with van der Waals surface area (Å²) in [6.07, 6.45) is 5.87. The van der Waals surface area contributed by atoms with Crippen LogP contribution in [0.3, 0.4) is 0 Å². The highest BCUT2D eigenvalue weighted by Gasteiger charge is 2.45. The van der Waals surface area contributed by atoms with E-state index in [0.29, 0.717) is 24.0 Å². The van der Waals surface area contributed by atoms with Gasteiger partial charge in [-0.25, -0.2) is 4.79 Å². The molecule has 34 heavy (non-hydrogen) atoms. The second kappa shape index (κ2) is 10.1. The number of piperidine rings is 1. The topological polar surface area (TPSA) is 72.3 Å². The summed E-state index contributed by atoms with van der Waals surface area (Å²) in [5.41, 5.74) is 0.779. The minimum atomic E-state index is -0.515. The molecule has 1 aromatic heterocycles. The van der Waals surface area contributed by atoms with E-state index in [2.05, 4.69) is 70.0 Å². The molecule has 1 N–H and O–H groups in total. The van der Waals surface area contributed by atoms with Crippen LogP contribution in [0.25, 0.3) is 0 Å². The third kappa shape index (κ3) is 5.62. The van der Waals surface area contributed by atoms with Crippen molar-refractivity contribution in [3.8, 4) is 0 Å². The van der Waals surface area contributed by atoms with Crippen LogP contribution in [-0.4, -0.2) is 49.6 Å². The number of benzene rings is 1. The molecule has 0 saturated carbocycles. The number of fused-ring (bicyclic) bond motifs is 2. The average Bonchev–Trinajstić information content (AvgIpc) is 3.27. The van der Waals surface area contributed by atoms with Crippen molar-refractivity contribution in [3.05, 3.63) is 47.5 Å². The number of amides is 1. The number of alkyl carbamates (subject to hydrolysis) is 1. The Morgan fingerprint density at radius 1 is 1.09 bits per heavy atom. The van der Waals surface area contributed by atoms with Gasteiger partial charge < -0.3 is 14.6 Å². The van der Waals surface area contributed by atoms with Crippen LogP contribution >= 0.6 is 0 Å². The summed E-state index contributed by atoms with van der Waals surface area (Å²) >= 11 is 0. The SMILES string of the molecule is Cc1nnc(C(C)C)n1C1CC2CCC(C1)N2C(CCc1ccccc1)NC(=O)OC(C)(C)C. The van der Waals surface area contributed by atoms with Gasteiger partial charge in [0.15, 0.2) is 0 Å². The van der Waals surface area contributed by atoms with Gasteiger partial charge in [0.25, 0.3) is 0 Å². The third-order valence-corrected chi connectivity index (χ3v) is 7.13. The van der Waals surface area contributed by atoms with Gasteiger partial charge in [0.1, 0.15) is 17.2 Å². The van der Waals surface area contributed by atoms with Gasteiger partial charge in [-0.15, -0.1) is 10.2 Å². The molecule has 4 rings (SSSR count). The maximum Gasteiger partial charge on any atom is 0.408 e. The van der Waals surface area contributed by atoms with E-state index in [4.69, 9.17) is 4.74 Å². The zero-order chi connectivity index (χ0) is 24.5. The highest BCUT2D eigenvalue weighted by Crippen LogP contribution is 2.43. The predicted molar refractivity (Wildman–Crippen MR) is 134 cm³/mol. The maximum atomic E-state index is 12.8. The average molecular weight is 468 g/mol. The highest BCUT2D eigenvalue weighted by molar-refractivity contribution is 5.68. The fraction of sp³-hybridized carbons (Fsp3) is 0.667. The molecule has 3 atom stereocenters. The quantitative estimate of drug-likeness (QED) is 0.593. The summed E-state index contributed by atoms with van der Waals surface area (Å²) in [4.78, 5) is 15.4. The Bertz CT molecular complexity index is 951. The number of carbonyl (C=O) groups excluding carboxylic acids is 1. The molecule has 1 aromatic carbocycles. The smallest absolute Gasteiger partial charge is 0.408 e. The molecular formula is C27H41N5O2. The van der Waals surface area contributed by atoms with Crippen molar-refractivity contribution in [2.24, 2.45) is 0 Å². The Balaban J connectivity index is 1.52. The van der Waals surface area contributed by atoms with E-state index in [9.17, 15) is 4.79 Å². The first kappa shape index (κ1) is 24.7. The van der Waals surface area contributed by atoms with Crippen molar-refractivity contribution in [1.29, 1.82) is 0 Å². The first-order chi connectivity index (χ1) is 16.1. The van der Waals surface area contributed by atoms with Crippen LogP contribution in [0, 0.1) is 6.92 Å². The zero-order valence-electron chi connectivity index (χ0n) is 21.6.